The van der Waals surface area contributed by atoms with Gasteiger partial charge in [-0.05, 0) is 12.1 Å². The third-order valence-corrected chi connectivity index (χ3v) is 3.56. The summed E-state index contributed by atoms with van der Waals surface area (Å²) in [6.45, 7) is 0. The lowest BCUT2D eigenvalue weighted by Crippen LogP contribution is -2.01. The highest BCUT2D eigenvalue weighted by molar-refractivity contribution is 6.35. The van der Waals surface area contributed by atoms with Crippen LogP contribution in [0, 0.1) is 21.4 Å². The van der Waals surface area contributed by atoms with E-state index in [0.29, 0.717) is 16.5 Å². The molecular weight excluding hydrogens is 369 g/mol. The van der Waals surface area contributed by atoms with Crippen LogP contribution in [0.4, 0.5) is 17.2 Å². The number of nitrogens with one attached hydrogen (secondary N) is 1. The van der Waals surface area contributed by atoms with Crippen LogP contribution in [0.25, 0.3) is 5.82 Å². The van der Waals surface area contributed by atoms with Gasteiger partial charge in [-0.2, -0.15) is 10.4 Å². The van der Waals surface area contributed by atoms with Crippen molar-refractivity contribution in [3.05, 3.63) is 62.6 Å². The number of hydrogen-bond donors (Lipinski definition) is 1. The number of anilines is 2. The fourth-order valence-corrected chi connectivity index (χ4v) is 2.50. The highest BCUT2D eigenvalue weighted by Gasteiger charge is 2.21. The van der Waals surface area contributed by atoms with Crippen LogP contribution < -0.4 is 5.32 Å². The molecule has 9 nitrogen and oxygen atoms in total. The van der Waals surface area contributed by atoms with Crippen LogP contribution in [-0.4, -0.2) is 24.7 Å². The molecule has 3 rings (SSSR count). The Morgan fingerprint density at radius 2 is 2.12 bits per heavy atom. The van der Waals surface area contributed by atoms with E-state index in [2.05, 4.69) is 20.4 Å². The van der Waals surface area contributed by atoms with Gasteiger partial charge < -0.3 is 5.32 Å². The molecule has 0 unspecified atom stereocenters. The first kappa shape index (κ1) is 16.6. The molecule has 0 spiro atoms. The summed E-state index contributed by atoms with van der Waals surface area (Å²) in [6, 6.07) is 4.55. The number of nitrogens with zero attached hydrogens (tertiary/aromatic N) is 6. The van der Waals surface area contributed by atoms with Gasteiger partial charge in [0.2, 0.25) is 5.82 Å². The van der Waals surface area contributed by atoms with Crippen molar-refractivity contribution in [2.45, 2.75) is 0 Å². The van der Waals surface area contributed by atoms with Gasteiger partial charge in [0.05, 0.1) is 33.0 Å². The number of rotatable bonds is 4. The summed E-state index contributed by atoms with van der Waals surface area (Å²) in [4.78, 5) is 18.5. The number of nitriles is 1. The Hall–Kier alpha value is -3.22. The third-order valence-electron chi connectivity index (χ3n) is 3.08. The molecule has 0 aromatic carbocycles. The normalized spacial score (nSPS) is 10.3. The number of hydrogen-bond acceptors (Lipinski definition) is 7. The first-order valence-electron chi connectivity index (χ1n) is 6.66. The van der Waals surface area contributed by atoms with E-state index in [0.717, 1.165) is 0 Å². The van der Waals surface area contributed by atoms with Gasteiger partial charge >= 0.3 is 5.69 Å². The van der Waals surface area contributed by atoms with E-state index in [1.807, 2.05) is 0 Å². The van der Waals surface area contributed by atoms with E-state index in [9.17, 15) is 10.1 Å². The summed E-state index contributed by atoms with van der Waals surface area (Å²) in [7, 11) is 0. The fraction of sp³-hybridized carbons (Fsp3) is 0. The number of halogens is 2. The van der Waals surface area contributed by atoms with Crippen molar-refractivity contribution in [2.24, 2.45) is 0 Å². The number of nitro groups is 1. The van der Waals surface area contributed by atoms with E-state index in [-0.39, 0.29) is 16.4 Å². The molecule has 0 amide bonds. The van der Waals surface area contributed by atoms with E-state index in [4.69, 9.17) is 28.5 Å². The van der Waals surface area contributed by atoms with Gasteiger partial charge in [0, 0.05) is 12.4 Å². The highest BCUT2D eigenvalue weighted by Crippen LogP contribution is 2.29. The van der Waals surface area contributed by atoms with E-state index in [1.54, 1.807) is 6.07 Å². The summed E-state index contributed by atoms with van der Waals surface area (Å²) >= 11 is 11.9. The Morgan fingerprint density at radius 1 is 1.32 bits per heavy atom. The molecule has 0 atom stereocenters. The monoisotopic (exact) mass is 375 g/mol. The standard InChI is InChI=1S/C14H7Cl2N7O2/c15-9-3-11(16)14(19-5-9)22-7-10(6-20-22)21-13-12(23(24)25)8(4-17)1-2-18-13/h1-3,5-7H,(H,18,21). The molecular formula is C14H7Cl2N7O2. The van der Waals surface area contributed by atoms with E-state index < -0.39 is 10.6 Å². The minimum absolute atomic E-state index is 0.0706. The average Bonchev–Trinajstić information content (AvgIpc) is 3.02. The predicted octanol–water partition coefficient (Wildman–Crippen LogP) is 3.49. The van der Waals surface area contributed by atoms with Crippen molar-refractivity contribution in [3.63, 3.8) is 0 Å². The van der Waals surface area contributed by atoms with Gasteiger partial charge in [0.25, 0.3) is 0 Å². The van der Waals surface area contributed by atoms with Crippen molar-refractivity contribution in [1.82, 2.24) is 19.7 Å². The van der Waals surface area contributed by atoms with Gasteiger partial charge in [-0.3, -0.25) is 10.1 Å². The first-order chi connectivity index (χ1) is 12.0. The van der Waals surface area contributed by atoms with Gasteiger partial charge in [0.15, 0.2) is 5.82 Å². The molecule has 0 saturated heterocycles. The molecule has 0 fully saturated rings. The molecule has 3 heterocycles. The van der Waals surface area contributed by atoms with Crippen LogP contribution >= 0.6 is 23.2 Å². The summed E-state index contributed by atoms with van der Waals surface area (Å²) in [5, 5.41) is 27.7. The maximum Gasteiger partial charge on any atom is 0.329 e. The van der Waals surface area contributed by atoms with Crippen LogP contribution in [0.3, 0.4) is 0 Å². The van der Waals surface area contributed by atoms with Crippen molar-refractivity contribution >= 4 is 40.4 Å². The molecule has 0 aliphatic carbocycles. The number of aromatic nitrogens is 4. The zero-order valence-electron chi connectivity index (χ0n) is 12.2. The zero-order valence-corrected chi connectivity index (χ0v) is 13.7. The van der Waals surface area contributed by atoms with Crippen molar-refractivity contribution in [1.29, 1.82) is 5.26 Å². The predicted molar refractivity (Wildman–Crippen MR) is 90.3 cm³/mol. The van der Waals surface area contributed by atoms with Crippen LogP contribution in [0.5, 0.6) is 0 Å². The van der Waals surface area contributed by atoms with Gasteiger partial charge in [-0.25, -0.2) is 14.6 Å². The molecule has 124 valence electrons. The molecule has 0 bridgehead atoms. The van der Waals surface area contributed by atoms with Crippen LogP contribution in [0.1, 0.15) is 5.56 Å². The second-order valence-corrected chi connectivity index (χ2v) is 5.53. The van der Waals surface area contributed by atoms with Crippen molar-refractivity contribution < 1.29 is 4.92 Å². The summed E-state index contributed by atoms with van der Waals surface area (Å²) < 4.78 is 1.38. The SMILES string of the molecule is N#Cc1ccnc(Nc2cnn(-c3ncc(Cl)cc3Cl)c2)c1[N+](=O)[O-]. The van der Waals surface area contributed by atoms with Gasteiger partial charge in [0.1, 0.15) is 11.6 Å². The Bertz CT molecular complexity index is 1010. The number of pyridine rings is 2. The average molecular weight is 376 g/mol. The Balaban J connectivity index is 1.95. The molecule has 0 aliphatic rings. The quantitative estimate of drug-likeness (QED) is 0.546. The molecule has 1 N–H and O–H groups in total. The topological polar surface area (TPSA) is 123 Å². The van der Waals surface area contributed by atoms with E-state index >= 15 is 0 Å². The minimum atomic E-state index is -0.671. The second kappa shape index (κ2) is 6.72. The molecule has 25 heavy (non-hydrogen) atoms. The summed E-state index contributed by atoms with van der Waals surface area (Å²) in [5.74, 6) is 0.270. The second-order valence-electron chi connectivity index (χ2n) is 4.68. The lowest BCUT2D eigenvalue weighted by Gasteiger charge is -2.05. The smallest absolute Gasteiger partial charge is 0.329 e. The minimum Gasteiger partial charge on any atom is -0.332 e. The first-order valence-corrected chi connectivity index (χ1v) is 7.42. The van der Waals surface area contributed by atoms with Crippen LogP contribution in [0.15, 0.2) is 36.9 Å². The van der Waals surface area contributed by atoms with Crippen LogP contribution in [-0.2, 0) is 0 Å². The molecule has 0 aliphatic heterocycles. The van der Waals surface area contributed by atoms with Crippen molar-refractivity contribution in [2.75, 3.05) is 5.32 Å². The van der Waals surface area contributed by atoms with E-state index in [1.165, 1.54) is 41.6 Å². The largest absolute Gasteiger partial charge is 0.332 e. The van der Waals surface area contributed by atoms with Gasteiger partial charge in [-0.15, -0.1) is 0 Å². The van der Waals surface area contributed by atoms with Crippen molar-refractivity contribution in [3.8, 4) is 11.9 Å². The molecule has 0 saturated carbocycles. The zero-order chi connectivity index (χ0) is 18.0. The third kappa shape index (κ3) is 3.35. The Morgan fingerprint density at radius 3 is 2.80 bits per heavy atom. The maximum atomic E-state index is 11.2. The Labute approximate surface area is 150 Å². The lowest BCUT2D eigenvalue weighted by atomic mass is 10.2. The Kier molecular flexibility index (Phi) is 4.47. The summed E-state index contributed by atoms with van der Waals surface area (Å²) in [6.07, 6.45) is 5.65. The van der Waals surface area contributed by atoms with Crippen LogP contribution in [0.2, 0.25) is 10.0 Å². The summed E-state index contributed by atoms with van der Waals surface area (Å²) in [5.41, 5.74) is -0.115. The lowest BCUT2D eigenvalue weighted by molar-refractivity contribution is -0.384. The molecule has 11 heteroatoms. The highest BCUT2D eigenvalue weighted by atomic mass is 35.5. The maximum absolute atomic E-state index is 11.2. The molecule has 3 aromatic heterocycles. The molecule has 3 aromatic rings. The van der Waals surface area contributed by atoms with Gasteiger partial charge in [-0.1, -0.05) is 23.2 Å². The fourth-order valence-electron chi connectivity index (χ4n) is 2.04. The molecule has 0 radical (unpaired) electrons.